The lowest BCUT2D eigenvalue weighted by molar-refractivity contribution is 0.0164. The second-order valence-electron chi connectivity index (χ2n) is 4.58. The van der Waals surface area contributed by atoms with Crippen LogP contribution >= 0.6 is 0 Å². The van der Waals surface area contributed by atoms with E-state index in [1.165, 1.54) is 38.6 Å². The zero-order valence-corrected chi connectivity index (χ0v) is 9.04. The van der Waals surface area contributed by atoms with Gasteiger partial charge in [0.05, 0.1) is 6.10 Å². The second kappa shape index (κ2) is 4.94. The van der Waals surface area contributed by atoms with Crippen LogP contribution in [0.5, 0.6) is 0 Å². The highest BCUT2D eigenvalue weighted by molar-refractivity contribution is 4.92. The van der Waals surface area contributed by atoms with E-state index in [0.717, 1.165) is 12.0 Å². The van der Waals surface area contributed by atoms with Gasteiger partial charge in [-0.15, -0.1) is 0 Å². The number of allylic oxidation sites excluding steroid dienone is 2. The Kier molecular flexibility index (Phi) is 3.60. The molecule has 2 nitrogen and oxygen atoms in total. The molecule has 80 valence electrons. The minimum Gasteiger partial charge on any atom is -0.381 e. The van der Waals surface area contributed by atoms with Crippen LogP contribution in [0.2, 0.25) is 0 Å². The Morgan fingerprint density at radius 2 is 2.21 bits per heavy atom. The standard InChI is InChI=1S/C12H21NO/c1-14-12-7-11(8-12)13-9-10-5-3-2-4-6-10/h2-3,10-13H,4-9H2,1H3. The SMILES string of the molecule is COC1CC(NCC2CC=CCC2)C1. The summed E-state index contributed by atoms with van der Waals surface area (Å²) >= 11 is 0. The first kappa shape index (κ1) is 10.2. The Labute approximate surface area is 86.7 Å². The van der Waals surface area contributed by atoms with Gasteiger partial charge in [0.1, 0.15) is 0 Å². The Balaban J connectivity index is 1.57. The van der Waals surface area contributed by atoms with Gasteiger partial charge >= 0.3 is 0 Å². The fourth-order valence-electron chi connectivity index (χ4n) is 2.30. The average Bonchev–Trinajstić information content (AvgIpc) is 2.17. The maximum Gasteiger partial charge on any atom is 0.0601 e. The summed E-state index contributed by atoms with van der Waals surface area (Å²) in [6.07, 6.45) is 11.5. The van der Waals surface area contributed by atoms with E-state index in [0.29, 0.717) is 6.10 Å². The van der Waals surface area contributed by atoms with Gasteiger partial charge in [-0.25, -0.2) is 0 Å². The molecule has 0 radical (unpaired) electrons. The van der Waals surface area contributed by atoms with Crippen molar-refractivity contribution < 1.29 is 4.74 Å². The molecule has 2 rings (SSSR count). The van der Waals surface area contributed by atoms with E-state index in [9.17, 15) is 0 Å². The summed E-state index contributed by atoms with van der Waals surface area (Å²) in [5.74, 6) is 0.876. The van der Waals surface area contributed by atoms with Gasteiger partial charge in [-0.05, 0) is 44.6 Å². The molecule has 0 aromatic heterocycles. The van der Waals surface area contributed by atoms with Crippen LogP contribution in [-0.2, 0) is 4.74 Å². The van der Waals surface area contributed by atoms with Crippen molar-refractivity contribution >= 4 is 0 Å². The lowest BCUT2D eigenvalue weighted by Crippen LogP contribution is -2.46. The average molecular weight is 195 g/mol. The molecule has 0 heterocycles. The summed E-state index contributed by atoms with van der Waals surface area (Å²) in [5, 5.41) is 3.64. The molecular weight excluding hydrogens is 174 g/mol. The van der Waals surface area contributed by atoms with Crippen LogP contribution in [0.1, 0.15) is 32.1 Å². The quantitative estimate of drug-likeness (QED) is 0.694. The number of rotatable bonds is 4. The summed E-state index contributed by atoms with van der Waals surface area (Å²) < 4.78 is 5.26. The van der Waals surface area contributed by atoms with Crippen molar-refractivity contribution in [1.82, 2.24) is 5.32 Å². The fourth-order valence-corrected chi connectivity index (χ4v) is 2.30. The number of nitrogens with one attached hydrogen (secondary N) is 1. The molecule has 14 heavy (non-hydrogen) atoms. The van der Waals surface area contributed by atoms with Crippen molar-refractivity contribution in [2.75, 3.05) is 13.7 Å². The molecule has 2 aliphatic rings. The highest BCUT2D eigenvalue weighted by Gasteiger charge is 2.28. The summed E-state index contributed by atoms with van der Waals surface area (Å²) in [6.45, 7) is 1.20. The molecule has 0 amide bonds. The minimum atomic E-state index is 0.527. The van der Waals surface area contributed by atoms with Crippen molar-refractivity contribution in [2.24, 2.45) is 5.92 Å². The monoisotopic (exact) mass is 195 g/mol. The molecule has 1 saturated carbocycles. The lowest BCUT2D eigenvalue weighted by Gasteiger charge is -2.36. The van der Waals surface area contributed by atoms with Gasteiger partial charge in [-0.2, -0.15) is 0 Å². The van der Waals surface area contributed by atoms with E-state index < -0.39 is 0 Å². The number of hydrogen-bond donors (Lipinski definition) is 1. The maximum atomic E-state index is 5.26. The van der Waals surface area contributed by atoms with Gasteiger partial charge in [-0.1, -0.05) is 12.2 Å². The van der Waals surface area contributed by atoms with Crippen LogP contribution < -0.4 is 5.32 Å². The summed E-state index contributed by atoms with van der Waals surface area (Å²) in [4.78, 5) is 0. The summed E-state index contributed by atoms with van der Waals surface area (Å²) in [5.41, 5.74) is 0. The third kappa shape index (κ3) is 2.58. The van der Waals surface area contributed by atoms with E-state index in [1.807, 2.05) is 7.11 Å². The van der Waals surface area contributed by atoms with Gasteiger partial charge in [-0.3, -0.25) is 0 Å². The van der Waals surface area contributed by atoms with Crippen molar-refractivity contribution in [3.05, 3.63) is 12.2 Å². The summed E-state index contributed by atoms with van der Waals surface area (Å²) in [7, 11) is 1.81. The van der Waals surface area contributed by atoms with Crippen LogP contribution in [-0.4, -0.2) is 25.8 Å². The lowest BCUT2D eigenvalue weighted by atomic mass is 9.88. The van der Waals surface area contributed by atoms with Gasteiger partial charge in [0.25, 0.3) is 0 Å². The molecule has 2 heteroatoms. The topological polar surface area (TPSA) is 21.3 Å². The molecule has 0 aromatic rings. The minimum absolute atomic E-state index is 0.527. The fraction of sp³-hybridized carbons (Fsp3) is 0.833. The van der Waals surface area contributed by atoms with Crippen LogP contribution in [0.3, 0.4) is 0 Å². The highest BCUT2D eigenvalue weighted by Crippen LogP contribution is 2.24. The van der Waals surface area contributed by atoms with Crippen molar-refractivity contribution in [2.45, 2.75) is 44.2 Å². The number of hydrogen-bond acceptors (Lipinski definition) is 2. The predicted octanol–water partition coefficient (Wildman–Crippen LogP) is 2.11. The molecule has 0 aromatic carbocycles. The van der Waals surface area contributed by atoms with E-state index >= 15 is 0 Å². The van der Waals surface area contributed by atoms with E-state index in [4.69, 9.17) is 4.74 Å². The largest absolute Gasteiger partial charge is 0.381 e. The third-order valence-corrected chi connectivity index (χ3v) is 3.50. The van der Waals surface area contributed by atoms with E-state index in [1.54, 1.807) is 0 Å². The predicted molar refractivity (Wildman–Crippen MR) is 58.3 cm³/mol. The molecule has 0 spiro atoms. The van der Waals surface area contributed by atoms with Crippen molar-refractivity contribution in [1.29, 1.82) is 0 Å². The Hall–Kier alpha value is -0.340. The van der Waals surface area contributed by atoms with Gasteiger partial charge < -0.3 is 10.1 Å². The molecule has 0 aliphatic heterocycles. The second-order valence-corrected chi connectivity index (χ2v) is 4.58. The van der Waals surface area contributed by atoms with E-state index in [2.05, 4.69) is 17.5 Å². The van der Waals surface area contributed by atoms with Crippen LogP contribution in [0, 0.1) is 5.92 Å². The number of ether oxygens (including phenoxy) is 1. The molecule has 0 bridgehead atoms. The molecule has 1 fully saturated rings. The van der Waals surface area contributed by atoms with Gasteiger partial charge in [0, 0.05) is 13.2 Å². The van der Waals surface area contributed by atoms with Crippen LogP contribution in [0.25, 0.3) is 0 Å². The molecule has 1 unspecified atom stereocenters. The molecule has 0 saturated heterocycles. The smallest absolute Gasteiger partial charge is 0.0601 e. The molecule has 2 aliphatic carbocycles. The van der Waals surface area contributed by atoms with Crippen molar-refractivity contribution in [3.8, 4) is 0 Å². The van der Waals surface area contributed by atoms with Crippen LogP contribution in [0.15, 0.2) is 12.2 Å². The highest BCUT2D eigenvalue weighted by atomic mass is 16.5. The normalized spacial score (nSPS) is 36.8. The van der Waals surface area contributed by atoms with Gasteiger partial charge in [0.15, 0.2) is 0 Å². The van der Waals surface area contributed by atoms with Gasteiger partial charge in [0.2, 0.25) is 0 Å². The first-order valence-electron chi connectivity index (χ1n) is 5.79. The van der Waals surface area contributed by atoms with Crippen LogP contribution in [0.4, 0.5) is 0 Å². The zero-order chi connectivity index (χ0) is 9.80. The molecular formula is C12H21NO. The zero-order valence-electron chi connectivity index (χ0n) is 9.04. The Bertz CT molecular complexity index is 196. The Morgan fingerprint density at radius 1 is 1.36 bits per heavy atom. The van der Waals surface area contributed by atoms with E-state index in [-0.39, 0.29) is 0 Å². The maximum absolute atomic E-state index is 5.26. The van der Waals surface area contributed by atoms with Crippen molar-refractivity contribution in [3.63, 3.8) is 0 Å². The molecule has 1 atom stereocenters. The first-order chi connectivity index (χ1) is 6.88. The molecule has 1 N–H and O–H groups in total. The third-order valence-electron chi connectivity index (χ3n) is 3.50. The number of methoxy groups -OCH3 is 1. The summed E-state index contributed by atoms with van der Waals surface area (Å²) in [6, 6.07) is 0.728. The first-order valence-corrected chi connectivity index (χ1v) is 5.79. The Morgan fingerprint density at radius 3 is 2.86 bits per heavy atom.